The summed E-state index contributed by atoms with van der Waals surface area (Å²) in [4.78, 5) is 28.5. The lowest BCUT2D eigenvalue weighted by molar-refractivity contribution is -0.125. The number of nitrogens with zero attached hydrogens (tertiary/aromatic N) is 3. The normalized spacial score (nSPS) is 16.6. The van der Waals surface area contributed by atoms with E-state index in [1.807, 2.05) is 0 Å². The topological polar surface area (TPSA) is 81.3 Å². The maximum absolute atomic E-state index is 12.7. The number of piperidine rings is 1. The lowest BCUT2D eigenvalue weighted by Gasteiger charge is -2.33. The number of carbonyl (C=O) groups is 1. The number of amides is 1. The van der Waals surface area contributed by atoms with Gasteiger partial charge in [-0.2, -0.15) is 5.10 Å². The van der Waals surface area contributed by atoms with Crippen molar-refractivity contribution >= 4 is 17.3 Å². The molecule has 1 amide bonds. The van der Waals surface area contributed by atoms with Crippen molar-refractivity contribution in [1.82, 2.24) is 15.5 Å². The van der Waals surface area contributed by atoms with Gasteiger partial charge in [0, 0.05) is 44.5 Å². The fourth-order valence-corrected chi connectivity index (χ4v) is 3.71. The lowest BCUT2D eigenvalue weighted by Crippen LogP contribution is -2.43. The molecule has 1 atom stereocenters. The van der Waals surface area contributed by atoms with E-state index >= 15 is 0 Å². The average Bonchev–Trinajstić information content (AvgIpc) is 2.74. The summed E-state index contributed by atoms with van der Waals surface area (Å²) < 4.78 is 0. The molecule has 1 saturated heterocycles. The van der Waals surface area contributed by atoms with Gasteiger partial charge in [0.1, 0.15) is 0 Å². The average molecular weight is 383 g/mol. The first-order valence-electron chi connectivity index (χ1n) is 10.0. The summed E-state index contributed by atoms with van der Waals surface area (Å²) in [5, 5.41) is 9.31. The molecule has 0 spiro atoms. The molecular weight excluding hydrogens is 354 g/mol. The van der Waals surface area contributed by atoms with Gasteiger partial charge in [-0.05, 0) is 44.4 Å². The van der Waals surface area contributed by atoms with Crippen molar-refractivity contribution in [1.29, 1.82) is 0 Å². The molecule has 0 radical (unpaired) electrons. The Labute approximate surface area is 165 Å². The zero-order valence-corrected chi connectivity index (χ0v) is 16.6. The Balaban J connectivity index is 1.55. The Kier molecular flexibility index (Phi) is 6.68. The molecule has 1 aromatic heterocycles. The Bertz CT molecular complexity index is 829. The summed E-state index contributed by atoms with van der Waals surface area (Å²) in [7, 11) is 0. The van der Waals surface area contributed by atoms with Gasteiger partial charge in [0.05, 0.1) is 17.8 Å². The van der Waals surface area contributed by atoms with E-state index in [0.717, 1.165) is 43.7 Å². The molecule has 150 valence electrons. The van der Waals surface area contributed by atoms with Gasteiger partial charge in [0.25, 0.3) is 5.56 Å². The Hall–Kier alpha value is -2.83. The zero-order chi connectivity index (χ0) is 19.9. The summed E-state index contributed by atoms with van der Waals surface area (Å²) in [5.41, 5.74) is 2.84. The minimum atomic E-state index is -0.225. The first-order valence-corrected chi connectivity index (χ1v) is 10.0. The minimum absolute atomic E-state index is 0.0651. The standard InChI is InChI=1S/C21H29N5O2/c1-3-25(4-2)18-9-7-16(8-10-18)13-22-21(28)17-6-5-11-26(15-17)19-12-20(27)24-23-14-19/h7-10,12,14,17H,3-6,11,13,15H2,1-2H3,(H,22,28)(H,24,27). The summed E-state index contributed by atoms with van der Waals surface area (Å²) in [6.45, 7) is 8.22. The number of benzene rings is 1. The van der Waals surface area contributed by atoms with Crippen molar-refractivity contribution in [3.05, 3.63) is 52.4 Å². The van der Waals surface area contributed by atoms with Crippen LogP contribution in [0.15, 0.2) is 41.3 Å². The van der Waals surface area contributed by atoms with Gasteiger partial charge in [0.2, 0.25) is 5.91 Å². The Morgan fingerprint density at radius 1 is 1.29 bits per heavy atom. The molecule has 28 heavy (non-hydrogen) atoms. The largest absolute Gasteiger partial charge is 0.372 e. The maximum Gasteiger partial charge on any atom is 0.266 e. The van der Waals surface area contributed by atoms with E-state index in [-0.39, 0.29) is 17.4 Å². The Morgan fingerprint density at radius 3 is 2.71 bits per heavy atom. The van der Waals surface area contributed by atoms with Crippen LogP contribution in [-0.2, 0) is 11.3 Å². The number of aromatic amines is 1. The molecule has 2 aromatic rings. The second kappa shape index (κ2) is 9.39. The van der Waals surface area contributed by atoms with Crippen LogP contribution < -0.4 is 20.7 Å². The molecule has 7 nitrogen and oxygen atoms in total. The van der Waals surface area contributed by atoms with Crippen molar-refractivity contribution in [3.8, 4) is 0 Å². The molecular formula is C21H29N5O2. The lowest BCUT2D eigenvalue weighted by atomic mass is 9.96. The van der Waals surface area contributed by atoms with Gasteiger partial charge in [-0.3, -0.25) is 9.59 Å². The summed E-state index contributed by atoms with van der Waals surface area (Å²) in [6, 6.07) is 9.89. The second-order valence-corrected chi connectivity index (χ2v) is 7.15. The van der Waals surface area contributed by atoms with Gasteiger partial charge >= 0.3 is 0 Å². The number of carbonyl (C=O) groups excluding carboxylic acids is 1. The van der Waals surface area contributed by atoms with Crippen LogP contribution in [-0.4, -0.2) is 42.3 Å². The highest BCUT2D eigenvalue weighted by atomic mass is 16.2. The first-order chi connectivity index (χ1) is 13.6. The van der Waals surface area contributed by atoms with Crippen LogP contribution >= 0.6 is 0 Å². The Morgan fingerprint density at radius 2 is 2.04 bits per heavy atom. The van der Waals surface area contributed by atoms with Crippen molar-refractivity contribution in [2.24, 2.45) is 5.92 Å². The van der Waals surface area contributed by atoms with E-state index < -0.39 is 0 Å². The molecule has 1 aromatic carbocycles. The molecule has 2 N–H and O–H groups in total. The molecule has 1 aliphatic rings. The van der Waals surface area contributed by atoms with Crippen molar-refractivity contribution in [2.45, 2.75) is 33.2 Å². The van der Waals surface area contributed by atoms with E-state index in [4.69, 9.17) is 0 Å². The molecule has 3 rings (SSSR count). The summed E-state index contributed by atoms with van der Waals surface area (Å²) >= 11 is 0. The number of H-pyrrole nitrogens is 1. The fraction of sp³-hybridized carbons (Fsp3) is 0.476. The molecule has 1 unspecified atom stereocenters. The summed E-state index contributed by atoms with van der Waals surface area (Å²) in [5.74, 6) is -0.0155. The van der Waals surface area contributed by atoms with Crippen molar-refractivity contribution in [3.63, 3.8) is 0 Å². The van der Waals surface area contributed by atoms with Crippen molar-refractivity contribution in [2.75, 3.05) is 36.0 Å². The molecule has 1 aliphatic heterocycles. The number of anilines is 2. The molecule has 0 bridgehead atoms. The van der Waals surface area contributed by atoms with E-state index in [1.54, 1.807) is 6.20 Å². The van der Waals surface area contributed by atoms with Crippen LogP contribution in [0.5, 0.6) is 0 Å². The third-order valence-electron chi connectivity index (χ3n) is 5.34. The van der Waals surface area contributed by atoms with Crippen LogP contribution in [0, 0.1) is 5.92 Å². The summed E-state index contributed by atoms with van der Waals surface area (Å²) in [6.07, 6.45) is 3.42. The number of aromatic nitrogens is 2. The highest BCUT2D eigenvalue weighted by Crippen LogP contribution is 2.22. The van der Waals surface area contributed by atoms with Crippen LogP contribution in [0.2, 0.25) is 0 Å². The predicted octanol–water partition coefficient (Wildman–Crippen LogP) is 2.15. The van der Waals surface area contributed by atoms with E-state index in [1.165, 1.54) is 11.8 Å². The molecule has 7 heteroatoms. The fourth-order valence-electron chi connectivity index (χ4n) is 3.71. The number of hydrogen-bond acceptors (Lipinski definition) is 5. The highest BCUT2D eigenvalue weighted by Gasteiger charge is 2.26. The maximum atomic E-state index is 12.7. The minimum Gasteiger partial charge on any atom is -0.372 e. The predicted molar refractivity (Wildman–Crippen MR) is 112 cm³/mol. The van der Waals surface area contributed by atoms with Crippen molar-refractivity contribution < 1.29 is 4.79 Å². The van der Waals surface area contributed by atoms with Crippen LogP contribution in [0.1, 0.15) is 32.3 Å². The number of hydrogen-bond donors (Lipinski definition) is 2. The van der Waals surface area contributed by atoms with Gasteiger partial charge < -0.3 is 15.1 Å². The third kappa shape index (κ3) is 4.91. The van der Waals surface area contributed by atoms with Gasteiger partial charge in [-0.1, -0.05) is 12.1 Å². The second-order valence-electron chi connectivity index (χ2n) is 7.15. The SMILES string of the molecule is CCN(CC)c1ccc(CNC(=O)C2CCCN(c3cn[nH]c(=O)c3)C2)cc1. The monoisotopic (exact) mass is 383 g/mol. The van der Waals surface area contributed by atoms with E-state index in [9.17, 15) is 9.59 Å². The van der Waals surface area contributed by atoms with Gasteiger partial charge in [-0.15, -0.1) is 0 Å². The van der Waals surface area contributed by atoms with E-state index in [0.29, 0.717) is 13.1 Å². The van der Waals surface area contributed by atoms with Crippen LogP contribution in [0.4, 0.5) is 11.4 Å². The number of rotatable bonds is 7. The van der Waals surface area contributed by atoms with Gasteiger partial charge in [0.15, 0.2) is 0 Å². The smallest absolute Gasteiger partial charge is 0.266 e. The molecule has 0 aliphatic carbocycles. The van der Waals surface area contributed by atoms with E-state index in [2.05, 4.69) is 63.4 Å². The number of nitrogens with one attached hydrogen (secondary N) is 2. The first kappa shape index (κ1) is 19.9. The van der Waals surface area contributed by atoms with Crippen LogP contribution in [0.3, 0.4) is 0 Å². The van der Waals surface area contributed by atoms with Gasteiger partial charge in [-0.25, -0.2) is 5.10 Å². The molecule has 2 heterocycles. The molecule has 1 fully saturated rings. The van der Waals surface area contributed by atoms with Crippen LogP contribution in [0.25, 0.3) is 0 Å². The molecule has 0 saturated carbocycles. The zero-order valence-electron chi connectivity index (χ0n) is 16.6. The quantitative estimate of drug-likeness (QED) is 0.766. The highest BCUT2D eigenvalue weighted by molar-refractivity contribution is 5.79. The third-order valence-corrected chi connectivity index (χ3v) is 5.34.